The van der Waals surface area contributed by atoms with Crippen molar-refractivity contribution in [3.63, 3.8) is 0 Å². The van der Waals surface area contributed by atoms with Crippen molar-refractivity contribution in [3.8, 4) is 0 Å². The van der Waals surface area contributed by atoms with Gasteiger partial charge in [0.05, 0.1) is 6.42 Å². The summed E-state index contributed by atoms with van der Waals surface area (Å²) in [6, 6.07) is 10.3. The topological polar surface area (TPSA) is 26.3 Å². The summed E-state index contributed by atoms with van der Waals surface area (Å²) in [5, 5.41) is 0. The number of carbonyl (C=O) groups excluding carboxylic acids is 1. The van der Waals surface area contributed by atoms with Gasteiger partial charge in [-0.2, -0.15) is 0 Å². The predicted molar refractivity (Wildman–Crippen MR) is 61.1 cm³/mol. The van der Waals surface area contributed by atoms with Gasteiger partial charge < -0.3 is 4.74 Å². The van der Waals surface area contributed by atoms with Crippen molar-refractivity contribution >= 4 is 5.97 Å². The Morgan fingerprint density at radius 2 is 1.81 bits per heavy atom. The van der Waals surface area contributed by atoms with Gasteiger partial charge in [0.25, 0.3) is 0 Å². The zero-order valence-electron chi connectivity index (χ0n) is 9.32. The lowest BCUT2D eigenvalue weighted by Crippen LogP contribution is -2.30. The molecule has 1 aliphatic carbocycles. The van der Waals surface area contributed by atoms with Gasteiger partial charge in [0.15, 0.2) is 0 Å². The molecule has 1 heterocycles. The molecule has 3 rings (SSSR count). The van der Waals surface area contributed by atoms with E-state index < -0.39 is 0 Å². The van der Waals surface area contributed by atoms with Gasteiger partial charge in [-0.1, -0.05) is 30.3 Å². The van der Waals surface area contributed by atoms with Crippen LogP contribution in [0.25, 0.3) is 0 Å². The number of esters is 1. The molecule has 0 N–H and O–H groups in total. The Labute approximate surface area is 95.6 Å². The van der Waals surface area contributed by atoms with Crippen molar-refractivity contribution in [1.82, 2.24) is 0 Å². The number of ether oxygens (including phenoxy) is 1. The largest absolute Gasteiger partial charge is 0.458 e. The molecule has 2 heteroatoms. The van der Waals surface area contributed by atoms with Crippen LogP contribution in [0.4, 0.5) is 0 Å². The zero-order valence-corrected chi connectivity index (χ0v) is 9.32. The summed E-state index contributed by atoms with van der Waals surface area (Å²) in [6.07, 6.45) is 5.02. The van der Waals surface area contributed by atoms with Crippen LogP contribution in [0.1, 0.15) is 43.6 Å². The fourth-order valence-corrected chi connectivity index (χ4v) is 3.22. The van der Waals surface area contributed by atoms with Crippen LogP contribution < -0.4 is 0 Å². The third kappa shape index (κ3) is 1.44. The Kier molecular flexibility index (Phi) is 2.23. The van der Waals surface area contributed by atoms with Crippen LogP contribution in [-0.2, 0) is 9.53 Å². The van der Waals surface area contributed by atoms with Crippen molar-refractivity contribution in [2.24, 2.45) is 0 Å². The van der Waals surface area contributed by atoms with Crippen LogP contribution in [0.5, 0.6) is 0 Å². The first-order valence-corrected chi connectivity index (χ1v) is 6.07. The van der Waals surface area contributed by atoms with Crippen molar-refractivity contribution in [2.45, 2.75) is 43.6 Å². The van der Waals surface area contributed by atoms with Gasteiger partial charge in [0.2, 0.25) is 0 Å². The van der Waals surface area contributed by atoms with Crippen molar-refractivity contribution in [1.29, 1.82) is 0 Å². The number of hydrogen-bond acceptors (Lipinski definition) is 2. The van der Waals surface area contributed by atoms with Gasteiger partial charge >= 0.3 is 5.97 Å². The van der Waals surface area contributed by atoms with E-state index in [4.69, 9.17) is 4.74 Å². The van der Waals surface area contributed by atoms with Crippen LogP contribution in [0.2, 0.25) is 0 Å². The molecule has 1 saturated carbocycles. The number of rotatable bonds is 1. The smallest absolute Gasteiger partial charge is 0.307 e. The molecular formula is C14H16O2. The molecule has 0 bridgehead atoms. The van der Waals surface area contributed by atoms with Crippen LogP contribution in [0.3, 0.4) is 0 Å². The molecule has 84 valence electrons. The molecule has 1 aromatic rings. The summed E-state index contributed by atoms with van der Waals surface area (Å²) in [7, 11) is 0. The predicted octanol–water partition coefficient (Wildman–Crippen LogP) is 3.03. The van der Waals surface area contributed by atoms with E-state index in [9.17, 15) is 4.79 Å². The summed E-state index contributed by atoms with van der Waals surface area (Å²) in [6.45, 7) is 0. The van der Waals surface area contributed by atoms with Crippen LogP contribution in [-0.4, -0.2) is 11.6 Å². The summed E-state index contributed by atoms with van der Waals surface area (Å²) in [5.41, 5.74) is 1.09. The van der Waals surface area contributed by atoms with E-state index in [1.807, 2.05) is 18.2 Å². The molecule has 1 saturated heterocycles. The summed E-state index contributed by atoms with van der Waals surface area (Å²) < 4.78 is 5.64. The Bertz CT molecular complexity index is 390. The van der Waals surface area contributed by atoms with E-state index in [1.54, 1.807) is 0 Å². The quantitative estimate of drug-likeness (QED) is 0.674. The summed E-state index contributed by atoms with van der Waals surface area (Å²) in [4.78, 5) is 11.6. The van der Waals surface area contributed by atoms with Gasteiger partial charge in [-0.15, -0.1) is 0 Å². The molecule has 2 aliphatic rings. The minimum absolute atomic E-state index is 0.0178. The molecule has 1 unspecified atom stereocenters. The molecule has 1 atom stereocenters. The zero-order chi connectivity index (χ0) is 11.0. The minimum Gasteiger partial charge on any atom is -0.458 e. The molecule has 2 nitrogen and oxygen atoms in total. The van der Waals surface area contributed by atoms with E-state index >= 15 is 0 Å². The Morgan fingerprint density at radius 3 is 2.50 bits per heavy atom. The van der Waals surface area contributed by atoms with E-state index in [2.05, 4.69) is 12.1 Å². The SMILES string of the molecule is O=C1CC(c2ccccc2)C2(CCCC2)O1. The van der Waals surface area contributed by atoms with Gasteiger partial charge in [0.1, 0.15) is 5.60 Å². The normalized spacial score (nSPS) is 27.2. The van der Waals surface area contributed by atoms with E-state index in [0.717, 1.165) is 12.8 Å². The lowest BCUT2D eigenvalue weighted by Gasteiger charge is -2.29. The molecule has 0 aromatic heterocycles. The first-order valence-electron chi connectivity index (χ1n) is 6.07. The first-order chi connectivity index (χ1) is 7.80. The highest BCUT2D eigenvalue weighted by Gasteiger charge is 2.51. The van der Waals surface area contributed by atoms with Gasteiger partial charge in [-0.3, -0.25) is 4.79 Å². The van der Waals surface area contributed by atoms with Gasteiger partial charge in [0, 0.05) is 5.92 Å². The second-order valence-electron chi connectivity index (χ2n) is 4.91. The average molecular weight is 216 g/mol. The average Bonchev–Trinajstić information content (AvgIpc) is 2.89. The first kappa shape index (κ1) is 9.88. The fourth-order valence-electron chi connectivity index (χ4n) is 3.22. The standard InChI is InChI=1S/C14H16O2/c15-13-10-12(11-6-2-1-3-7-11)14(16-13)8-4-5-9-14/h1-3,6-7,12H,4-5,8-10H2. The molecule has 0 radical (unpaired) electrons. The van der Waals surface area contributed by atoms with E-state index in [0.29, 0.717) is 6.42 Å². The van der Waals surface area contributed by atoms with Crippen LogP contribution in [0, 0.1) is 0 Å². The Hall–Kier alpha value is -1.31. The van der Waals surface area contributed by atoms with Crippen molar-refractivity contribution in [2.75, 3.05) is 0 Å². The monoisotopic (exact) mass is 216 g/mol. The maximum absolute atomic E-state index is 11.6. The molecule has 2 fully saturated rings. The molecule has 1 aliphatic heterocycles. The van der Waals surface area contributed by atoms with Gasteiger partial charge in [-0.05, 0) is 31.2 Å². The Balaban J connectivity index is 1.96. The Morgan fingerprint density at radius 1 is 1.12 bits per heavy atom. The number of benzene rings is 1. The maximum atomic E-state index is 11.6. The summed E-state index contributed by atoms with van der Waals surface area (Å²) in [5.74, 6) is 0.263. The highest BCUT2D eigenvalue weighted by molar-refractivity contribution is 5.74. The fraction of sp³-hybridized carbons (Fsp3) is 0.500. The molecule has 0 amide bonds. The molecule has 1 aromatic carbocycles. The highest BCUT2D eigenvalue weighted by atomic mass is 16.6. The van der Waals surface area contributed by atoms with E-state index in [1.165, 1.54) is 18.4 Å². The molecular weight excluding hydrogens is 200 g/mol. The lowest BCUT2D eigenvalue weighted by atomic mass is 9.81. The van der Waals surface area contributed by atoms with Crippen LogP contribution in [0.15, 0.2) is 30.3 Å². The van der Waals surface area contributed by atoms with Crippen LogP contribution >= 0.6 is 0 Å². The lowest BCUT2D eigenvalue weighted by molar-refractivity contribution is -0.148. The summed E-state index contributed by atoms with van der Waals surface area (Å²) >= 11 is 0. The van der Waals surface area contributed by atoms with E-state index in [-0.39, 0.29) is 17.5 Å². The van der Waals surface area contributed by atoms with Crippen molar-refractivity contribution in [3.05, 3.63) is 35.9 Å². The third-order valence-corrected chi connectivity index (χ3v) is 3.97. The molecule has 1 spiro atoms. The molecule has 16 heavy (non-hydrogen) atoms. The maximum Gasteiger partial charge on any atom is 0.307 e. The highest BCUT2D eigenvalue weighted by Crippen LogP contribution is 2.50. The number of carbonyl (C=O) groups is 1. The number of hydrogen-bond donors (Lipinski definition) is 0. The van der Waals surface area contributed by atoms with Crippen molar-refractivity contribution < 1.29 is 9.53 Å². The minimum atomic E-state index is -0.168. The second kappa shape index (κ2) is 3.62. The second-order valence-corrected chi connectivity index (χ2v) is 4.91. The third-order valence-electron chi connectivity index (χ3n) is 3.97. The van der Waals surface area contributed by atoms with Gasteiger partial charge in [-0.25, -0.2) is 0 Å².